The highest BCUT2D eigenvalue weighted by atomic mass is 32.1. The highest BCUT2D eigenvalue weighted by molar-refractivity contribution is 7.10. The molecule has 2 aliphatic rings. The van der Waals surface area contributed by atoms with Crippen LogP contribution in [0.2, 0.25) is 0 Å². The van der Waals surface area contributed by atoms with Gasteiger partial charge < -0.3 is 9.88 Å². The number of aromatic nitrogens is 1. The second kappa shape index (κ2) is 8.51. The van der Waals surface area contributed by atoms with E-state index >= 15 is 0 Å². The molecule has 0 saturated carbocycles. The van der Waals surface area contributed by atoms with E-state index in [1.54, 1.807) is 23.5 Å². The molecule has 0 bridgehead atoms. The molecule has 2 aromatic heterocycles. The maximum Gasteiger partial charge on any atom is 0.325 e. The number of hydrogen-bond acceptors (Lipinski definition) is 4. The van der Waals surface area contributed by atoms with Gasteiger partial charge in [0.05, 0.1) is 6.54 Å². The Morgan fingerprint density at radius 3 is 2.71 bits per heavy atom. The van der Waals surface area contributed by atoms with Crippen LogP contribution in [0, 0.1) is 19.7 Å². The Bertz CT molecular complexity index is 1290. The van der Waals surface area contributed by atoms with Gasteiger partial charge >= 0.3 is 6.03 Å². The van der Waals surface area contributed by atoms with Crippen molar-refractivity contribution in [3.05, 3.63) is 80.6 Å². The van der Waals surface area contributed by atoms with E-state index in [0.29, 0.717) is 24.9 Å². The van der Waals surface area contributed by atoms with Crippen molar-refractivity contribution in [2.24, 2.45) is 0 Å². The number of aryl methyl sites for hydroxylation is 3. The van der Waals surface area contributed by atoms with Crippen LogP contribution in [0.15, 0.2) is 41.8 Å². The summed E-state index contributed by atoms with van der Waals surface area (Å²) in [5.74, 6) is -0.867. The lowest BCUT2D eigenvalue weighted by molar-refractivity contribution is -0.131. The zero-order valence-electron chi connectivity index (χ0n) is 19.2. The number of rotatable bonds is 6. The predicted octanol–water partition coefficient (Wildman–Crippen LogP) is 4.51. The minimum atomic E-state index is -1.04. The third-order valence-corrected chi connectivity index (χ3v) is 8.03. The van der Waals surface area contributed by atoms with Crippen LogP contribution >= 0.6 is 11.3 Å². The van der Waals surface area contributed by atoms with Gasteiger partial charge in [0.25, 0.3) is 5.91 Å². The molecule has 1 atom stereocenters. The number of urea groups is 1. The zero-order chi connectivity index (χ0) is 24.0. The Hall–Kier alpha value is -3.26. The van der Waals surface area contributed by atoms with Crippen molar-refractivity contribution in [3.8, 4) is 0 Å². The zero-order valence-corrected chi connectivity index (χ0v) is 20.0. The van der Waals surface area contributed by atoms with Crippen LogP contribution in [-0.4, -0.2) is 33.7 Å². The molecule has 1 aliphatic carbocycles. The Balaban J connectivity index is 1.33. The number of amides is 3. The van der Waals surface area contributed by atoms with Crippen molar-refractivity contribution in [3.63, 3.8) is 0 Å². The molecule has 3 aromatic rings. The summed E-state index contributed by atoms with van der Waals surface area (Å²) in [6, 6.07) is 9.61. The minimum Gasteiger partial charge on any atom is -0.348 e. The molecule has 1 saturated heterocycles. The van der Waals surface area contributed by atoms with E-state index in [9.17, 15) is 18.8 Å². The number of carbonyl (C=O) groups is 3. The van der Waals surface area contributed by atoms with Gasteiger partial charge in [-0.05, 0) is 74.7 Å². The van der Waals surface area contributed by atoms with Gasteiger partial charge in [-0.3, -0.25) is 14.5 Å². The molecule has 8 heteroatoms. The molecule has 1 fully saturated rings. The maximum absolute atomic E-state index is 13.4. The Morgan fingerprint density at radius 2 is 1.94 bits per heavy atom. The SMILES string of the molecule is Cc1cc(C(=O)CN2C(=O)N[C@]3(CCCc4sccc43)C2=O)c(C)n1CCc1ccc(F)cc1. The van der Waals surface area contributed by atoms with Crippen LogP contribution in [0.1, 0.15) is 50.6 Å². The highest BCUT2D eigenvalue weighted by Crippen LogP contribution is 2.42. The minimum absolute atomic E-state index is 0.261. The molecule has 1 spiro atoms. The largest absolute Gasteiger partial charge is 0.348 e. The van der Waals surface area contributed by atoms with Gasteiger partial charge in [0.1, 0.15) is 11.4 Å². The Labute approximate surface area is 201 Å². The van der Waals surface area contributed by atoms with E-state index in [-0.39, 0.29) is 24.1 Å². The molecule has 3 heterocycles. The molecule has 0 unspecified atom stereocenters. The molecule has 1 aliphatic heterocycles. The summed E-state index contributed by atoms with van der Waals surface area (Å²) < 4.78 is 15.2. The second-order valence-corrected chi connectivity index (χ2v) is 10.1. The lowest BCUT2D eigenvalue weighted by atomic mass is 9.80. The van der Waals surface area contributed by atoms with E-state index in [1.807, 2.05) is 35.9 Å². The number of nitrogens with one attached hydrogen (secondary N) is 1. The number of halogens is 1. The fraction of sp³-hybridized carbons (Fsp3) is 0.346. The van der Waals surface area contributed by atoms with Gasteiger partial charge in [0.2, 0.25) is 0 Å². The van der Waals surface area contributed by atoms with Crippen LogP contribution in [-0.2, 0) is 29.7 Å². The fourth-order valence-electron chi connectivity index (χ4n) is 5.23. The smallest absolute Gasteiger partial charge is 0.325 e. The predicted molar refractivity (Wildman–Crippen MR) is 128 cm³/mol. The summed E-state index contributed by atoms with van der Waals surface area (Å²) in [4.78, 5) is 41.7. The van der Waals surface area contributed by atoms with Crippen LogP contribution in [0.3, 0.4) is 0 Å². The van der Waals surface area contributed by atoms with E-state index < -0.39 is 11.6 Å². The van der Waals surface area contributed by atoms with Crippen molar-refractivity contribution >= 4 is 29.1 Å². The second-order valence-electron chi connectivity index (χ2n) is 9.07. The monoisotopic (exact) mass is 479 g/mol. The molecule has 176 valence electrons. The number of ketones is 1. The summed E-state index contributed by atoms with van der Waals surface area (Å²) in [6.45, 7) is 4.16. The molecule has 6 nitrogen and oxygen atoms in total. The van der Waals surface area contributed by atoms with Crippen molar-refractivity contribution < 1.29 is 18.8 Å². The number of fused-ring (bicyclic) bond motifs is 2. The Kier molecular flexibility index (Phi) is 5.64. The summed E-state index contributed by atoms with van der Waals surface area (Å²) in [5, 5.41) is 4.85. The maximum atomic E-state index is 13.4. The molecule has 1 N–H and O–H groups in total. The van der Waals surface area contributed by atoms with E-state index in [0.717, 1.165) is 45.1 Å². The van der Waals surface area contributed by atoms with Crippen molar-refractivity contribution in [1.82, 2.24) is 14.8 Å². The average Bonchev–Trinajstić information content (AvgIpc) is 3.47. The van der Waals surface area contributed by atoms with Gasteiger partial charge in [-0.2, -0.15) is 0 Å². The highest BCUT2D eigenvalue weighted by Gasteiger charge is 2.54. The summed E-state index contributed by atoms with van der Waals surface area (Å²) >= 11 is 1.60. The van der Waals surface area contributed by atoms with E-state index in [2.05, 4.69) is 5.32 Å². The van der Waals surface area contributed by atoms with E-state index in [1.165, 1.54) is 12.1 Å². The summed E-state index contributed by atoms with van der Waals surface area (Å²) in [7, 11) is 0. The molecule has 5 rings (SSSR count). The number of hydrogen-bond donors (Lipinski definition) is 1. The number of benzene rings is 1. The number of carbonyl (C=O) groups excluding carboxylic acids is 3. The number of imide groups is 1. The average molecular weight is 480 g/mol. The van der Waals surface area contributed by atoms with Crippen LogP contribution < -0.4 is 5.32 Å². The standard InChI is InChI=1S/C26H26FN3O3S/c1-16-14-20(17(2)29(16)12-9-18-5-7-19(27)8-6-18)22(31)15-30-24(32)26(28-25(30)33)11-3-4-23-21(26)10-13-34-23/h5-8,10,13-14H,3-4,9,11-12,15H2,1-2H3,(H,28,33)/t26-/m0/s1. The van der Waals surface area contributed by atoms with Crippen molar-refractivity contribution in [2.45, 2.75) is 51.6 Å². The van der Waals surface area contributed by atoms with Gasteiger partial charge in [-0.25, -0.2) is 9.18 Å². The summed E-state index contributed by atoms with van der Waals surface area (Å²) in [6.07, 6.45) is 2.96. The Morgan fingerprint density at radius 1 is 1.18 bits per heavy atom. The number of thiophene rings is 1. The topological polar surface area (TPSA) is 71.4 Å². The molecule has 1 aromatic carbocycles. The first kappa shape index (κ1) is 22.5. The van der Waals surface area contributed by atoms with Gasteiger partial charge in [-0.15, -0.1) is 11.3 Å². The van der Waals surface area contributed by atoms with Crippen LogP contribution in [0.5, 0.6) is 0 Å². The van der Waals surface area contributed by atoms with Gasteiger partial charge in [0, 0.05) is 33.9 Å². The number of Topliss-reactive ketones (excluding diaryl/α,β-unsaturated/α-hetero) is 1. The molecule has 3 amide bonds. The lowest BCUT2D eigenvalue weighted by Gasteiger charge is -2.31. The van der Waals surface area contributed by atoms with Gasteiger partial charge in [0.15, 0.2) is 5.78 Å². The van der Waals surface area contributed by atoms with E-state index in [4.69, 9.17) is 0 Å². The molecular formula is C26H26FN3O3S. The molecule has 34 heavy (non-hydrogen) atoms. The first-order valence-corrected chi connectivity index (χ1v) is 12.3. The van der Waals surface area contributed by atoms with Crippen LogP contribution in [0.25, 0.3) is 0 Å². The fourth-order valence-corrected chi connectivity index (χ4v) is 6.23. The first-order chi connectivity index (χ1) is 16.3. The third kappa shape index (κ3) is 3.66. The van der Waals surface area contributed by atoms with Crippen molar-refractivity contribution in [1.29, 1.82) is 0 Å². The summed E-state index contributed by atoms with van der Waals surface area (Å²) in [5.41, 5.74) is 3.06. The van der Waals surface area contributed by atoms with Gasteiger partial charge in [-0.1, -0.05) is 12.1 Å². The van der Waals surface area contributed by atoms with Crippen molar-refractivity contribution in [2.75, 3.05) is 6.54 Å². The van der Waals surface area contributed by atoms with Crippen LogP contribution in [0.4, 0.5) is 9.18 Å². The quantitative estimate of drug-likeness (QED) is 0.418. The lowest BCUT2D eigenvalue weighted by Crippen LogP contribution is -2.46. The molecular weight excluding hydrogens is 453 g/mol. The molecule has 0 radical (unpaired) electrons. The third-order valence-electron chi connectivity index (χ3n) is 7.05. The number of nitrogens with zero attached hydrogens (tertiary/aromatic N) is 2. The normalized spacial score (nSPS) is 19.6. The first-order valence-electron chi connectivity index (χ1n) is 11.5.